The number of ether oxygens (including phenoxy) is 2. The number of benzene rings is 1. The lowest BCUT2D eigenvalue weighted by Gasteiger charge is -2.32. The van der Waals surface area contributed by atoms with Crippen molar-refractivity contribution in [2.75, 3.05) is 14.2 Å². The Balaban J connectivity index is 2.20. The third-order valence-electron chi connectivity index (χ3n) is 4.60. The van der Waals surface area contributed by atoms with E-state index in [4.69, 9.17) is 9.47 Å². The molecule has 1 aliphatic carbocycles. The number of hydrogen-bond acceptors (Lipinski definition) is 3. The maximum absolute atomic E-state index is 10.8. The molecule has 1 N–H and O–H groups in total. The number of hydrogen-bond donors (Lipinski definition) is 1. The topological polar surface area (TPSA) is 38.7 Å². The van der Waals surface area contributed by atoms with Gasteiger partial charge in [-0.05, 0) is 42.9 Å². The van der Waals surface area contributed by atoms with Crippen molar-refractivity contribution < 1.29 is 14.6 Å². The molecule has 3 heteroatoms. The Labute approximate surface area is 121 Å². The van der Waals surface area contributed by atoms with E-state index in [1.54, 1.807) is 14.2 Å². The van der Waals surface area contributed by atoms with Gasteiger partial charge in [-0.3, -0.25) is 0 Å². The van der Waals surface area contributed by atoms with Crippen molar-refractivity contribution in [3.63, 3.8) is 0 Å². The molecule has 20 heavy (non-hydrogen) atoms. The summed E-state index contributed by atoms with van der Waals surface area (Å²) in [4.78, 5) is 0. The number of aliphatic hydroxyl groups excluding tert-OH is 1. The van der Waals surface area contributed by atoms with Crippen molar-refractivity contribution in [2.24, 2.45) is 11.8 Å². The van der Waals surface area contributed by atoms with Gasteiger partial charge < -0.3 is 14.6 Å². The van der Waals surface area contributed by atoms with Crippen LogP contribution in [0.15, 0.2) is 18.2 Å². The van der Waals surface area contributed by atoms with Crippen LogP contribution in [-0.4, -0.2) is 19.3 Å². The Morgan fingerprint density at radius 2 is 2.05 bits per heavy atom. The summed E-state index contributed by atoms with van der Waals surface area (Å²) in [6.07, 6.45) is 5.46. The van der Waals surface area contributed by atoms with Gasteiger partial charge in [0.25, 0.3) is 0 Å². The van der Waals surface area contributed by atoms with Crippen LogP contribution in [0.25, 0.3) is 0 Å². The van der Waals surface area contributed by atoms with Crippen LogP contribution in [0.3, 0.4) is 0 Å². The van der Waals surface area contributed by atoms with Gasteiger partial charge in [0.1, 0.15) is 11.5 Å². The first-order chi connectivity index (χ1) is 9.69. The summed E-state index contributed by atoms with van der Waals surface area (Å²) >= 11 is 0. The molecular weight excluding hydrogens is 252 g/mol. The van der Waals surface area contributed by atoms with E-state index in [2.05, 4.69) is 6.92 Å². The molecule has 0 radical (unpaired) electrons. The molecule has 1 aliphatic rings. The summed E-state index contributed by atoms with van der Waals surface area (Å²) < 4.78 is 10.7. The van der Waals surface area contributed by atoms with Crippen molar-refractivity contribution in [3.8, 4) is 11.5 Å². The normalized spacial score (nSPS) is 24.2. The van der Waals surface area contributed by atoms with E-state index in [0.717, 1.165) is 35.8 Å². The van der Waals surface area contributed by atoms with Crippen molar-refractivity contribution in [1.29, 1.82) is 0 Å². The maximum atomic E-state index is 10.8. The average molecular weight is 278 g/mol. The molecule has 0 aliphatic heterocycles. The summed E-state index contributed by atoms with van der Waals surface area (Å²) in [5.74, 6) is 2.59. The SMILES string of the molecule is CCC1CCCC(C(O)c2cc(OC)ccc2OC)C1. The zero-order valence-corrected chi connectivity index (χ0v) is 12.8. The Morgan fingerprint density at radius 1 is 1.25 bits per heavy atom. The van der Waals surface area contributed by atoms with Gasteiger partial charge in [-0.2, -0.15) is 0 Å². The fourth-order valence-corrected chi connectivity index (χ4v) is 3.31. The molecule has 0 heterocycles. The molecule has 1 aromatic carbocycles. The summed E-state index contributed by atoms with van der Waals surface area (Å²) in [6, 6.07) is 5.64. The van der Waals surface area contributed by atoms with E-state index in [-0.39, 0.29) is 0 Å². The fourth-order valence-electron chi connectivity index (χ4n) is 3.31. The van der Waals surface area contributed by atoms with Crippen LogP contribution in [-0.2, 0) is 0 Å². The Hall–Kier alpha value is -1.22. The van der Waals surface area contributed by atoms with Crippen LogP contribution in [0.5, 0.6) is 11.5 Å². The molecule has 2 rings (SSSR count). The Kier molecular flexibility index (Phi) is 5.30. The molecule has 1 aromatic rings. The van der Waals surface area contributed by atoms with E-state index in [1.165, 1.54) is 19.3 Å². The minimum absolute atomic E-state index is 0.328. The predicted molar refractivity (Wildman–Crippen MR) is 80.2 cm³/mol. The standard InChI is InChI=1S/C17H26O3/c1-4-12-6-5-7-13(10-12)17(18)15-11-14(19-2)8-9-16(15)20-3/h8-9,11-13,17-18H,4-7,10H2,1-3H3. The van der Waals surface area contributed by atoms with Gasteiger partial charge in [-0.25, -0.2) is 0 Å². The minimum Gasteiger partial charge on any atom is -0.497 e. The number of methoxy groups -OCH3 is 2. The van der Waals surface area contributed by atoms with Crippen molar-refractivity contribution in [2.45, 2.75) is 45.1 Å². The molecule has 0 amide bonds. The zero-order chi connectivity index (χ0) is 14.5. The first-order valence-electron chi connectivity index (χ1n) is 7.59. The largest absolute Gasteiger partial charge is 0.497 e. The molecular formula is C17H26O3. The van der Waals surface area contributed by atoms with Gasteiger partial charge in [0.15, 0.2) is 0 Å². The summed E-state index contributed by atoms with van der Waals surface area (Å²) in [5.41, 5.74) is 0.855. The quantitative estimate of drug-likeness (QED) is 0.886. The van der Waals surface area contributed by atoms with Crippen LogP contribution >= 0.6 is 0 Å². The average Bonchev–Trinajstić information content (AvgIpc) is 2.53. The van der Waals surface area contributed by atoms with E-state index in [9.17, 15) is 5.11 Å². The van der Waals surface area contributed by atoms with E-state index in [1.807, 2.05) is 18.2 Å². The second-order valence-electron chi connectivity index (χ2n) is 5.75. The Morgan fingerprint density at radius 3 is 2.70 bits per heavy atom. The smallest absolute Gasteiger partial charge is 0.124 e. The number of aliphatic hydroxyl groups is 1. The van der Waals surface area contributed by atoms with E-state index < -0.39 is 6.10 Å². The van der Waals surface area contributed by atoms with Crippen LogP contribution in [0.4, 0.5) is 0 Å². The van der Waals surface area contributed by atoms with Crippen molar-refractivity contribution >= 4 is 0 Å². The zero-order valence-electron chi connectivity index (χ0n) is 12.8. The highest BCUT2D eigenvalue weighted by atomic mass is 16.5. The molecule has 0 bridgehead atoms. The van der Waals surface area contributed by atoms with Gasteiger partial charge in [-0.15, -0.1) is 0 Å². The van der Waals surface area contributed by atoms with Gasteiger partial charge in [-0.1, -0.05) is 26.2 Å². The molecule has 3 atom stereocenters. The van der Waals surface area contributed by atoms with E-state index in [0.29, 0.717) is 5.92 Å². The second kappa shape index (κ2) is 6.98. The van der Waals surface area contributed by atoms with Crippen LogP contribution < -0.4 is 9.47 Å². The van der Waals surface area contributed by atoms with Gasteiger partial charge >= 0.3 is 0 Å². The molecule has 0 saturated heterocycles. The molecule has 112 valence electrons. The minimum atomic E-state index is -0.464. The van der Waals surface area contributed by atoms with Gasteiger partial charge in [0, 0.05) is 5.56 Å². The van der Waals surface area contributed by atoms with Crippen molar-refractivity contribution in [1.82, 2.24) is 0 Å². The maximum Gasteiger partial charge on any atom is 0.124 e. The molecule has 1 fully saturated rings. The molecule has 1 saturated carbocycles. The van der Waals surface area contributed by atoms with Crippen LogP contribution in [0.2, 0.25) is 0 Å². The monoisotopic (exact) mass is 278 g/mol. The molecule has 3 nitrogen and oxygen atoms in total. The summed E-state index contributed by atoms with van der Waals surface area (Å²) in [6.45, 7) is 2.24. The lowest BCUT2D eigenvalue weighted by Crippen LogP contribution is -2.21. The lowest BCUT2D eigenvalue weighted by atomic mass is 9.76. The lowest BCUT2D eigenvalue weighted by molar-refractivity contribution is 0.0656. The summed E-state index contributed by atoms with van der Waals surface area (Å²) in [7, 11) is 3.29. The third kappa shape index (κ3) is 3.26. The van der Waals surface area contributed by atoms with E-state index >= 15 is 0 Å². The predicted octanol–water partition coefficient (Wildman–Crippen LogP) is 3.95. The highest BCUT2D eigenvalue weighted by Crippen LogP contribution is 2.41. The van der Waals surface area contributed by atoms with Crippen molar-refractivity contribution in [3.05, 3.63) is 23.8 Å². The molecule has 0 spiro atoms. The summed E-state index contributed by atoms with van der Waals surface area (Å²) in [5, 5.41) is 10.8. The highest BCUT2D eigenvalue weighted by Gasteiger charge is 2.29. The fraction of sp³-hybridized carbons (Fsp3) is 0.647. The molecule has 0 aromatic heterocycles. The Bertz CT molecular complexity index is 430. The first-order valence-corrected chi connectivity index (χ1v) is 7.59. The van der Waals surface area contributed by atoms with Gasteiger partial charge in [0.2, 0.25) is 0 Å². The highest BCUT2D eigenvalue weighted by molar-refractivity contribution is 5.41. The second-order valence-corrected chi connectivity index (χ2v) is 5.75. The van der Waals surface area contributed by atoms with Crippen LogP contribution in [0, 0.1) is 11.8 Å². The number of rotatable bonds is 5. The molecule has 3 unspecified atom stereocenters. The van der Waals surface area contributed by atoms with Gasteiger partial charge in [0.05, 0.1) is 20.3 Å². The van der Waals surface area contributed by atoms with Crippen LogP contribution in [0.1, 0.15) is 50.7 Å². The third-order valence-corrected chi connectivity index (χ3v) is 4.60. The first kappa shape index (κ1) is 15.2.